The number of hydrogen-bond acceptors (Lipinski definition) is 3. The number of carbonyl (C=O) groups excluding carboxylic acids is 2. The Labute approximate surface area is 87.7 Å². The second-order valence-electron chi connectivity index (χ2n) is 5.33. The number of aliphatic carboxylic acids is 1. The summed E-state index contributed by atoms with van der Waals surface area (Å²) < 4.78 is 0. The van der Waals surface area contributed by atoms with Crippen molar-refractivity contribution in [2.45, 2.75) is 33.6 Å². The van der Waals surface area contributed by atoms with Crippen LogP contribution in [0.4, 0.5) is 0 Å². The molecule has 2 rings (SSSR count). The third kappa shape index (κ3) is 0.713. The van der Waals surface area contributed by atoms with Crippen molar-refractivity contribution in [3.8, 4) is 0 Å². The number of Topliss-reactive ketones (excluding diaryl/α,β-unsaturated/α-hetero) is 2. The van der Waals surface area contributed by atoms with E-state index in [-0.39, 0.29) is 6.42 Å². The highest BCUT2D eigenvalue weighted by Crippen LogP contribution is 2.68. The molecule has 0 aromatic rings. The molecule has 0 radical (unpaired) electrons. The van der Waals surface area contributed by atoms with Crippen LogP contribution in [-0.4, -0.2) is 22.6 Å². The first kappa shape index (κ1) is 10.3. The van der Waals surface area contributed by atoms with E-state index in [2.05, 4.69) is 0 Å². The Balaban J connectivity index is 2.73. The van der Waals surface area contributed by atoms with Crippen LogP contribution in [0.5, 0.6) is 0 Å². The number of ketones is 2. The molecule has 2 atom stereocenters. The molecule has 0 aliphatic heterocycles. The summed E-state index contributed by atoms with van der Waals surface area (Å²) in [6.07, 6.45) is 0.785. The van der Waals surface area contributed by atoms with Gasteiger partial charge in [-0.3, -0.25) is 14.4 Å². The van der Waals surface area contributed by atoms with Crippen LogP contribution in [0, 0.1) is 16.2 Å². The molecule has 2 bridgehead atoms. The van der Waals surface area contributed by atoms with Gasteiger partial charge in [0.1, 0.15) is 5.41 Å². The van der Waals surface area contributed by atoms with Crippen molar-refractivity contribution in [3.63, 3.8) is 0 Å². The number of carboxylic acids is 1. The van der Waals surface area contributed by atoms with Crippen LogP contribution in [0.3, 0.4) is 0 Å². The summed E-state index contributed by atoms with van der Waals surface area (Å²) in [7, 11) is 0. The standard InChI is InChI=1S/C11H14O4/c1-9(2)10(3)4-5-11(9,8(14)15)7(13)6(10)12/h4-5H2,1-3H3,(H,14,15)/t10-,11+/m1/s1. The van der Waals surface area contributed by atoms with Gasteiger partial charge < -0.3 is 5.11 Å². The molecule has 2 saturated carbocycles. The summed E-state index contributed by atoms with van der Waals surface area (Å²) in [4.78, 5) is 34.9. The lowest BCUT2D eigenvalue weighted by molar-refractivity contribution is -0.160. The Kier molecular flexibility index (Phi) is 1.59. The first-order valence-electron chi connectivity index (χ1n) is 5.04. The third-order valence-corrected chi connectivity index (χ3v) is 4.91. The highest BCUT2D eigenvalue weighted by atomic mass is 16.4. The summed E-state index contributed by atoms with van der Waals surface area (Å²) in [5, 5.41) is 9.26. The van der Waals surface area contributed by atoms with Crippen LogP contribution in [-0.2, 0) is 14.4 Å². The largest absolute Gasteiger partial charge is 0.480 e. The van der Waals surface area contributed by atoms with Crippen molar-refractivity contribution in [2.24, 2.45) is 16.2 Å². The van der Waals surface area contributed by atoms with Gasteiger partial charge in [0.15, 0.2) is 0 Å². The number of rotatable bonds is 1. The second-order valence-corrected chi connectivity index (χ2v) is 5.33. The molecule has 0 saturated heterocycles. The van der Waals surface area contributed by atoms with E-state index in [1.54, 1.807) is 20.8 Å². The van der Waals surface area contributed by atoms with Gasteiger partial charge in [0.25, 0.3) is 0 Å². The van der Waals surface area contributed by atoms with E-state index in [0.29, 0.717) is 6.42 Å². The fraction of sp³-hybridized carbons (Fsp3) is 0.727. The quantitative estimate of drug-likeness (QED) is 0.518. The molecule has 82 valence electrons. The van der Waals surface area contributed by atoms with E-state index >= 15 is 0 Å². The van der Waals surface area contributed by atoms with Gasteiger partial charge in [0, 0.05) is 10.8 Å². The van der Waals surface area contributed by atoms with Crippen LogP contribution in [0.25, 0.3) is 0 Å². The van der Waals surface area contributed by atoms with Gasteiger partial charge in [-0.25, -0.2) is 0 Å². The molecule has 4 heteroatoms. The number of carbonyl (C=O) groups is 3. The monoisotopic (exact) mass is 210 g/mol. The minimum absolute atomic E-state index is 0.288. The van der Waals surface area contributed by atoms with E-state index in [4.69, 9.17) is 0 Å². The maximum Gasteiger partial charge on any atom is 0.318 e. The molecule has 1 N–H and O–H groups in total. The summed E-state index contributed by atoms with van der Waals surface area (Å²) in [6, 6.07) is 0. The number of carboxylic acid groups (broad SMARTS) is 1. The maximum atomic E-state index is 11.8. The van der Waals surface area contributed by atoms with Gasteiger partial charge in [-0.2, -0.15) is 0 Å². The van der Waals surface area contributed by atoms with Crippen molar-refractivity contribution in [3.05, 3.63) is 0 Å². The van der Waals surface area contributed by atoms with Crippen LogP contribution in [0.15, 0.2) is 0 Å². The summed E-state index contributed by atoms with van der Waals surface area (Å²) in [5.74, 6) is -2.35. The Morgan fingerprint density at radius 2 is 1.67 bits per heavy atom. The van der Waals surface area contributed by atoms with Crippen LogP contribution in [0.2, 0.25) is 0 Å². The van der Waals surface area contributed by atoms with Crippen molar-refractivity contribution in [2.75, 3.05) is 0 Å². The van der Waals surface area contributed by atoms with Crippen LogP contribution in [0.1, 0.15) is 33.6 Å². The summed E-state index contributed by atoms with van der Waals surface area (Å²) >= 11 is 0. The van der Waals surface area contributed by atoms with E-state index < -0.39 is 33.8 Å². The fourth-order valence-electron chi connectivity index (χ4n) is 3.24. The molecule has 2 aliphatic carbocycles. The summed E-state index contributed by atoms with van der Waals surface area (Å²) in [5.41, 5.74) is -3.04. The smallest absolute Gasteiger partial charge is 0.318 e. The molecule has 2 aliphatic rings. The van der Waals surface area contributed by atoms with Crippen molar-refractivity contribution < 1.29 is 19.5 Å². The normalized spacial score (nSPS) is 42.3. The Morgan fingerprint density at radius 3 is 1.93 bits per heavy atom. The Hall–Kier alpha value is -1.19. The van der Waals surface area contributed by atoms with E-state index in [0.717, 1.165) is 0 Å². The van der Waals surface area contributed by atoms with Crippen molar-refractivity contribution in [1.82, 2.24) is 0 Å². The molecule has 0 aromatic heterocycles. The Morgan fingerprint density at radius 1 is 1.13 bits per heavy atom. The molecule has 0 aromatic carbocycles. The molecule has 4 nitrogen and oxygen atoms in total. The molecular formula is C11H14O4. The van der Waals surface area contributed by atoms with Gasteiger partial charge in [0.05, 0.1) is 0 Å². The molecule has 0 heterocycles. The second kappa shape index (κ2) is 2.31. The third-order valence-electron chi connectivity index (χ3n) is 4.91. The number of fused-ring (bicyclic) bond motifs is 2. The van der Waals surface area contributed by atoms with E-state index in [1.165, 1.54) is 0 Å². The first-order chi connectivity index (χ1) is 6.72. The highest BCUT2D eigenvalue weighted by molar-refractivity contribution is 6.48. The zero-order valence-electron chi connectivity index (χ0n) is 9.09. The molecule has 0 spiro atoms. The molecule has 15 heavy (non-hydrogen) atoms. The van der Waals surface area contributed by atoms with Gasteiger partial charge in [-0.05, 0) is 12.8 Å². The van der Waals surface area contributed by atoms with Crippen LogP contribution >= 0.6 is 0 Å². The molecular weight excluding hydrogens is 196 g/mol. The SMILES string of the molecule is CC1(C)[C@@]2(C(=O)O)CC[C@]1(C)C(=O)C2=O. The van der Waals surface area contributed by atoms with E-state index in [1.807, 2.05) is 0 Å². The lowest BCUT2D eigenvalue weighted by atomic mass is 9.65. The maximum absolute atomic E-state index is 11.8. The molecule has 0 unspecified atom stereocenters. The van der Waals surface area contributed by atoms with Gasteiger partial charge in [-0.1, -0.05) is 20.8 Å². The predicted molar refractivity (Wildman–Crippen MR) is 51.2 cm³/mol. The summed E-state index contributed by atoms with van der Waals surface area (Å²) in [6.45, 7) is 5.15. The average molecular weight is 210 g/mol. The molecule has 2 fully saturated rings. The zero-order valence-corrected chi connectivity index (χ0v) is 9.09. The fourth-order valence-corrected chi connectivity index (χ4v) is 3.24. The van der Waals surface area contributed by atoms with E-state index in [9.17, 15) is 19.5 Å². The van der Waals surface area contributed by atoms with Crippen molar-refractivity contribution in [1.29, 1.82) is 0 Å². The lowest BCUT2D eigenvalue weighted by Crippen LogP contribution is -2.44. The van der Waals surface area contributed by atoms with Gasteiger partial charge in [-0.15, -0.1) is 0 Å². The minimum atomic E-state index is -1.47. The molecule has 0 amide bonds. The minimum Gasteiger partial charge on any atom is -0.480 e. The zero-order chi connectivity index (χ0) is 11.6. The lowest BCUT2D eigenvalue weighted by Gasteiger charge is -2.35. The topological polar surface area (TPSA) is 71.4 Å². The van der Waals surface area contributed by atoms with Gasteiger partial charge >= 0.3 is 5.97 Å². The number of hydrogen-bond donors (Lipinski definition) is 1. The Bertz CT molecular complexity index is 395. The highest BCUT2D eigenvalue weighted by Gasteiger charge is 2.78. The predicted octanol–water partition coefficient (Wildman–Crippen LogP) is 1.04. The first-order valence-corrected chi connectivity index (χ1v) is 5.04. The van der Waals surface area contributed by atoms with Crippen molar-refractivity contribution >= 4 is 17.5 Å². The van der Waals surface area contributed by atoms with Crippen LogP contribution < -0.4 is 0 Å². The van der Waals surface area contributed by atoms with Gasteiger partial charge in [0.2, 0.25) is 11.6 Å². The average Bonchev–Trinajstić information content (AvgIpc) is 2.39.